The summed E-state index contributed by atoms with van der Waals surface area (Å²) in [6.07, 6.45) is 8.15. The van der Waals surface area contributed by atoms with Crippen LogP contribution in [0.2, 0.25) is 0 Å². The van der Waals surface area contributed by atoms with Crippen molar-refractivity contribution >= 4 is 27.4 Å². The van der Waals surface area contributed by atoms with Crippen molar-refractivity contribution in [1.29, 1.82) is 0 Å². The van der Waals surface area contributed by atoms with E-state index in [-0.39, 0.29) is 0 Å². The van der Waals surface area contributed by atoms with Gasteiger partial charge in [0, 0.05) is 18.0 Å². The molecular formula is C17H23N3S. The Bertz CT molecular complexity index is 663. The lowest BCUT2D eigenvalue weighted by molar-refractivity contribution is 0.445. The lowest BCUT2D eigenvalue weighted by atomic mass is 9.89. The van der Waals surface area contributed by atoms with Crippen LogP contribution in [-0.4, -0.2) is 23.1 Å². The number of aromatic nitrogens is 2. The molecule has 3 heterocycles. The fraction of sp³-hybridized carbons (Fsp3) is 0.647. The van der Waals surface area contributed by atoms with E-state index in [1.165, 1.54) is 48.1 Å². The van der Waals surface area contributed by atoms with Crippen molar-refractivity contribution in [3.05, 3.63) is 16.8 Å². The zero-order valence-electron chi connectivity index (χ0n) is 12.9. The lowest BCUT2D eigenvalue weighted by Gasteiger charge is -2.32. The van der Waals surface area contributed by atoms with E-state index in [1.807, 2.05) is 11.3 Å². The van der Waals surface area contributed by atoms with E-state index in [1.54, 1.807) is 16.8 Å². The normalized spacial score (nSPS) is 26.1. The molecule has 1 fully saturated rings. The van der Waals surface area contributed by atoms with Gasteiger partial charge < -0.3 is 4.90 Å². The highest BCUT2D eigenvalue weighted by atomic mass is 32.1. The Labute approximate surface area is 130 Å². The van der Waals surface area contributed by atoms with Crippen LogP contribution in [0.4, 0.5) is 5.82 Å². The standard InChI is InChI=1S/C17H23N3S/c1-11-5-6-13-14(8-11)21-17-15(13)16(18-10-19-17)20-7-3-4-12(2)9-20/h10-12H,3-9H2,1-2H3/t11-,12-/m1/s1. The molecule has 0 N–H and O–H groups in total. The molecule has 0 saturated carbocycles. The van der Waals surface area contributed by atoms with Crippen LogP contribution in [0.5, 0.6) is 0 Å². The van der Waals surface area contributed by atoms with Crippen molar-refractivity contribution in [2.45, 2.75) is 46.0 Å². The molecule has 2 aliphatic rings. The summed E-state index contributed by atoms with van der Waals surface area (Å²) < 4.78 is 0. The van der Waals surface area contributed by atoms with Crippen molar-refractivity contribution in [1.82, 2.24) is 9.97 Å². The van der Waals surface area contributed by atoms with Crippen molar-refractivity contribution in [2.75, 3.05) is 18.0 Å². The first-order valence-electron chi connectivity index (χ1n) is 8.22. The Morgan fingerprint density at radius 2 is 2.10 bits per heavy atom. The van der Waals surface area contributed by atoms with E-state index in [0.717, 1.165) is 24.9 Å². The Kier molecular flexibility index (Phi) is 3.37. The van der Waals surface area contributed by atoms with Crippen molar-refractivity contribution in [3.63, 3.8) is 0 Å². The summed E-state index contributed by atoms with van der Waals surface area (Å²) in [7, 11) is 0. The van der Waals surface area contributed by atoms with Gasteiger partial charge in [-0.3, -0.25) is 0 Å². The van der Waals surface area contributed by atoms with E-state index in [9.17, 15) is 0 Å². The monoisotopic (exact) mass is 301 g/mol. The maximum absolute atomic E-state index is 4.69. The molecule has 0 unspecified atom stereocenters. The topological polar surface area (TPSA) is 29.0 Å². The van der Waals surface area contributed by atoms with Gasteiger partial charge in [-0.1, -0.05) is 13.8 Å². The Hall–Kier alpha value is -1.16. The molecule has 2 atom stereocenters. The van der Waals surface area contributed by atoms with Gasteiger partial charge in [0.05, 0.1) is 5.39 Å². The lowest BCUT2D eigenvalue weighted by Crippen LogP contribution is -2.35. The van der Waals surface area contributed by atoms with Gasteiger partial charge in [0.2, 0.25) is 0 Å². The first-order valence-corrected chi connectivity index (χ1v) is 9.04. The molecule has 4 heteroatoms. The maximum Gasteiger partial charge on any atom is 0.141 e. The van der Waals surface area contributed by atoms with Gasteiger partial charge >= 0.3 is 0 Å². The first-order chi connectivity index (χ1) is 10.2. The van der Waals surface area contributed by atoms with Gasteiger partial charge in [0.15, 0.2) is 0 Å². The Balaban J connectivity index is 1.82. The number of aryl methyl sites for hydroxylation is 1. The second kappa shape index (κ2) is 5.24. The third-order valence-corrected chi connectivity index (χ3v) is 6.19. The molecule has 1 saturated heterocycles. The van der Waals surface area contributed by atoms with Gasteiger partial charge in [-0.25, -0.2) is 9.97 Å². The van der Waals surface area contributed by atoms with Crippen LogP contribution in [0.3, 0.4) is 0 Å². The van der Waals surface area contributed by atoms with Crippen LogP contribution < -0.4 is 4.90 Å². The molecule has 0 amide bonds. The first kappa shape index (κ1) is 13.5. The van der Waals surface area contributed by atoms with Crippen LogP contribution >= 0.6 is 11.3 Å². The largest absolute Gasteiger partial charge is 0.356 e. The predicted molar refractivity (Wildman–Crippen MR) is 89.2 cm³/mol. The zero-order valence-corrected chi connectivity index (χ0v) is 13.7. The number of thiophene rings is 1. The van der Waals surface area contributed by atoms with Crippen molar-refractivity contribution in [2.24, 2.45) is 11.8 Å². The minimum Gasteiger partial charge on any atom is -0.356 e. The van der Waals surface area contributed by atoms with Gasteiger partial charge in [0.1, 0.15) is 17.0 Å². The molecule has 112 valence electrons. The van der Waals surface area contributed by atoms with E-state index in [4.69, 9.17) is 0 Å². The number of hydrogen-bond acceptors (Lipinski definition) is 4. The number of anilines is 1. The summed E-state index contributed by atoms with van der Waals surface area (Å²) in [5.41, 5.74) is 1.56. The second-order valence-corrected chi connectivity index (χ2v) is 8.01. The molecule has 21 heavy (non-hydrogen) atoms. The highest BCUT2D eigenvalue weighted by Gasteiger charge is 2.26. The maximum atomic E-state index is 4.69. The molecule has 0 bridgehead atoms. The summed E-state index contributed by atoms with van der Waals surface area (Å²) in [5, 5.41) is 1.37. The summed E-state index contributed by atoms with van der Waals surface area (Å²) in [6.45, 7) is 7.02. The quantitative estimate of drug-likeness (QED) is 0.795. The van der Waals surface area contributed by atoms with E-state index in [2.05, 4.69) is 28.7 Å². The molecular weight excluding hydrogens is 278 g/mol. The second-order valence-electron chi connectivity index (χ2n) is 6.92. The van der Waals surface area contributed by atoms with E-state index in [0.29, 0.717) is 0 Å². The molecule has 1 aliphatic heterocycles. The number of rotatable bonds is 1. The van der Waals surface area contributed by atoms with Gasteiger partial charge in [0.25, 0.3) is 0 Å². The van der Waals surface area contributed by atoms with E-state index < -0.39 is 0 Å². The summed E-state index contributed by atoms with van der Waals surface area (Å²) >= 11 is 1.90. The average Bonchev–Trinajstić information content (AvgIpc) is 2.84. The van der Waals surface area contributed by atoms with Gasteiger partial charge in [-0.15, -0.1) is 11.3 Å². The fourth-order valence-electron chi connectivity index (χ4n) is 3.88. The molecule has 4 rings (SSSR count). The fourth-order valence-corrected chi connectivity index (χ4v) is 5.22. The highest BCUT2D eigenvalue weighted by molar-refractivity contribution is 7.19. The zero-order chi connectivity index (χ0) is 14.4. The molecule has 1 aliphatic carbocycles. The van der Waals surface area contributed by atoms with Crippen LogP contribution in [-0.2, 0) is 12.8 Å². The minimum absolute atomic E-state index is 0.776. The van der Waals surface area contributed by atoms with Gasteiger partial charge in [-0.2, -0.15) is 0 Å². The smallest absolute Gasteiger partial charge is 0.141 e. The number of nitrogens with zero attached hydrogens (tertiary/aromatic N) is 3. The van der Waals surface area contributed by atoms with Crippen LogP contribution in [0.1, 0.15) is 43.6 Å². The number of hydrogen-bond donors (Lipinski definition) is 0. The minimum atomic E-state index is 0.776. The van der Waals surface area contributed by atoms with Gasteiger partial charge in [-0.05, 0) is 49.5 Å². The predicted octanol–water partition coefficient (Wildman–Crippen LogP) is 4.05. The van der Waals surface area contributed by atoms with Crippen LogP contribution in [0.25, 0.3) is 10.2 Å². The summed E-state index contributed by atoms with van der Waals surface area (Å²) in [4.78, 5) is 14.5. The average molecular weight is 301 g/mol. The third-order valence-electron chi connectivity index (χ3n) is 5.03. The van der Waals surface area contributed by atoms with Crippen LogP contribution in [0.15, 0.2) is 6.33 Å². The number of piperidine rings is 1. The van der Waals surface area contributed by atoms with Crippen molar-refractivity contribution in [3.8, 4) is 0 Å². The molecule has 2 aromatic rings. The molecule has 3 nitrogen and oxygen atoms in total. The molecule has 2 aromatic heterocycles. The van der Waals surface area contributed by atoms with Crippen molar-refractivity contribution < 1.29 is 0 Å². The number of fused-ring (bicyclic) bond motifs is 3. The third kappa shape index (κ3) is 2.33. The van der Waals surface area contributed by atoms with E-state index >= 15 is 0 Å². The highest BCUT2D eigenvalue weighted by Crippen LogP contribution is 2.41. The Morgan fingerprint density at radius 3 is 2.95 bits per heavy atom. The van der Waals surface area contributed by atoms with Crippen LogP contribution in [0, 0.1) is 11.8 Å². The summed E-state index contributed by atoms with van der Waals surface area (Å²) in [5.74, 6) is 2.80. The summed E-state index contributed by atoms with van der Waals surface area (Å²) in [6, 6.07) is 0. The Morgan fingerprint density at radius 1 is 1.19 bits per heavy atom. The molecule has 0 aromatic carbocycles. The SMILES string of the molecule is C[C@@H]1CCc2c(sc3ncnc(N4CCC[C@@H](C)C4)c23)C1. The molecule has 0 spiro atoms. The molecule has 0 radical (unpaired) electrons.